The van der Waals surface area contributed by atoms with Crippen molar-refractivity contribution in [2.45, 2.75) is 25.4 Å². The van der Waals surface area contributed by atoms with Gasteiger partial charge in [-0.2, -0.15) is 11.8 Å². The third-order valence-corrected chi connectivity index (χ3v) is 5.00. The molecule has 19 heavy (non-hydrogen) atoms. The first-order chi connectivity index (χ1) is 8.95. The zero-order chi connectivity index (χ0) is 14.0. The highest BCUT2D eigenvalue weighted by Gasteiger charge is 2.48. The van der Waals surface area contributed by atoms with Crippen LogP contribution in [-0.2, 0) is 14.3 Å². The lowest BCUT2D eigenvalue weighted by Crippen LogP contribution is -2.57. The Morgan fingerprint density at radius 2 is 2.32 bits per heavy atom. The molecule has 1 amide bonds. The fraction of sp³-hybridized carbons (Fsp3) is 0.833. The molecular formula is C12H20N2O4S. The monoisotopic (exact) mass is 288 g/mol. The molecular weight excluding hydrogens is 268 g/mol. The fourth-order valence-corrected chi connectivity index (χ4v) is 3.59. The molecule has 0 spiro atoms. The van der Waals surface area contributed by atoms with Gasteiger partial charge in [-0.05, 0) is 6.92 Å². The summed E-state index contributed by atoms with van der Waals surface area (Å²) in [6, 6.07) is -0.562. The lowest BCUT2D eigenvalue weighted by Gasteiger charge is -2.40. The van der Waals surface area contributed by atoms with Gasteiger partial charge in [0.1, 0.15) is 0 Å². The molecule has 2 saturated heterocycles. The van der Waals surface area contributed by atoms with Gasteiger partial charge in [0.05, 0.1) is 31.1 Å². The Bertz CT molecular complexity index is 379. The Morgan fingerprint density at radius 1 is 1.58 bits per heavy atom. The van der Waals surface area contributed by atoms with E-state index in [1.807, 2.05) is 6.92 Å². The number of ether oxygens (including phenoxy) is 1. The molecule has 2 heterocycles. The maximum atomic E-state index is 12.7. The van der Waals surface area contributed by atoms with Gasteiger partial charge in [0.25, 0.3) is 0 Å². The second kappa shape index (κ2) is 5.68. The number of carbonyl (C=O) groups is 2. The summed E-state index contributed by atoms with van der Waals surface area (Å²) in [6.07, 6.45) is -0.00901. The summed E-state index contributed by atoms with van der Waals surface area (Å²) < 4.78 is 5.31. The topological polar surface area (TPSA) is 92.9 Å². The highest BCUT2D eigenvalue weighted by molar-refractivity contribution is 7.99. The van der Waals surface area contributed by atoms with Gasteiger partial charge in [-0.3, -0.25) is 9.59 Å². The number of thioether (sulfide) groups is 1. The van der Waals surface area contributed by atoms with E-state index in [9.17, 15) is 9.59 Å². The number of carboxylic acids is 1. The van der Waals surface area contributed by atoms with Crippen molar-refractivity contribution in [2.75, 3.05) is 31.3 Å². The average molecular weight is 288 g/mol. The molecule has 0 bridgehead atoms. The number of aliphatic carboxylic acids is 1. The second-order valence-corrected chi connectivity index (χ2v) is 6.51. The minimum atomic E-state index is -0.873. The van der Waals surface area contributed by atoms with Gasteiger partial charge in [-0.1, -0.05) is 0 Å². The van der Waals surface area contributed by atoms with Gasteiger partial charge in [0, 0.05) is 24.1 Å². The highest BCUT2D eigenvalue weighted by Crippen LogP contribution is 2.32. The van der Waals surface area contributed by atoms with Gasteiger partial charge in [-0.15, -0.1) is 0 Å². The normalized spacial score (nSPS) is 35.4. The van der Waals surface area contributed by atoms with Crippen LogP contribution in [0.3, 0.4) is 0 Å². The van der Waals surface area contributed by atoms with Crippen LogP contribution in [0, 0.1) is 5.41 Å². The Hall–Kier alpha value is -0.790. The van der Waals surface area contributed by atoms with Gasteiger partial charge in [-0.25, -0.2) is 0 Å². The molecule has 0 saturated carbocycles. The van der Waals surface area contributed by atoms with Crippen molar-refractivity contribution < 1.29 is 19.4 Å². The molecule has 3 unspecified atom stereocenters. The number of nitrogens with zero attached hydrogens (tertiary/aromatic N) is 1. The fourth-order valence-electron chi connectivity index (χ4n) is 2.53. The van der Waals surface area contributed by atoms with E-state index in [0.717, 1.165) is 5.75 Å². The maximum Gasteiger partial charge on any atom is 0.305 e. The van der Waals surface area contributed by atoms with Gasteiger partial charge in [0.15, 0.2) is 0 Å². The van der Waals surface area contributed by atoms with E-state index in [1.54, 1.807) is 16.7 Å². The van der Waals surface area contributed by atoms with Crippen LogP contribution in [-0.4, -0.2) is 65.2 Å². The molecule has 108 valence electrons. The van der Waals surface area contributed by atoms with Crippen molar-refractivity contribution in [3.8, 4) is 0 Å². The number of carboxylic acid groups (broad SMARTS) is 1. The summed E-state index contributed by atoms with van der Waals surface area (Å²) in [6.45, 7) is 3.10. The van der Waals surface area contributed by atoms with Gasteiger partial charge >= 0.3 is 5.97 Å². The molecule has 0 aliphatic carbocycles. The van der Waals surface area contributed by atoms with Crippen molar-refractivity contribution >= 4 is 23.6 Å². The van der Waals surface area contributed by atoms with Crippen molar-refractivity contribution in [3.63, 3.8) is 0 Å². The van der Waals surface area contributed by atoms with E-state index in [1.165, 1.54) is 0 Å². The molecule has 0 radical (unpaired) electrons. The molecule has 2 aliphatic rings. The number of carbonyl (C=O) groups excluding carboxylic acids is 1. The smallest absolute Gasteiger partial charge is 0.305 e. The number of hydrogen-bond acceptors (Lipinski definition) is 5. The van der Waals surface area contributed by atoms with E-state index in [-0.39, 0.29) is 24.4 Å². The summed E-state index contributed by atoms with van der Waals surface area (Å²) in [5.74, 6) is 0.574. The van der Waals surface area contributed by atoms with Crippen molar-refractivity contribution in [1.29, 1.82) is 0 Å². The van der Waals surface area contributed by atoms with Crippen LogP contribution in [0.5, 0.6) is 0 Å². The first-order valence-electron chi connectivity index (χ1n) is 6.39. The average Bonchev–Trinajstić information content (AvgIpc) is 2.70. The Kier molecular flexibility index (Phi) is 4.37. The van der Waals surface area contributed by atoms with Gasteiger partial charge in [0.2, 0.25) is 5.91 Å². The highest BCUT2D eigenvalue weighted by atomic mass is 32.2. The van der Waals surface area contributed by atoms with Crippen molar-refractivity contribution in [3.05, 3.63) is 0 Å². The second-order valence-electron chi connectivity index (χ2n) is 5.36. The van der Waals surface area contributed by atoms with Crippen molar-refractivity contribution in [2.24, 2.45) is 11.1 Å². The number of amides is 1. The molecule has 0 aromatic carbocycles. The standard InChI is InChI=1S/C12H20N2O4S/c1-12(7-18-5-9(12)13)11(17)14-2-3-19-6-8(14)4-10(15)16/h8-9H,2-7,13H2,1H3,(H,15,16). The molecule has 3 N–H and O–H groups in total. The van der Waals surface area contributed by atoms with Crippen LogP contribution < -0.4 is 5.73 Å². The minimum Gasteiger partial charge on any atom is -0.481 e. The van der Waals surface area contributed by atoms with Crippen LogP contribution in [0.2, 0.25) is 0 Å². The molecule has 7 heteroatoms. The number of nitrogens with two attached hydrogens (primary N) is 1. The first-order valence-corrected chi connectivity index (χ1v) is 7.54. The number of hydrogen-bond donors (Lipinski definition) is 2. The van der Waals surface area contributed by atoms with E-state index in [2.05, 4.69) is 0 Å². The van der Waals surface area contributed by atoms with Crippen LogP contribution in [0.1, 0.15) is 13.3 Å². The summed E-state index contributed by atoms with van der Waals surface area (Å²) in [5, 5.41) is 8.95. The van der Waals surface area contributed by atoms with E-state index < -0.39 is 11.4 Å². The zero-order valence-corrected chi connectivity index (χ0v) is 11.8. The minimum absolute atomic E-state index is 0.00901. The van der Waals surface area contributed by atoms with E-state index in [4.69, 9.17) is 15.6 Å². The predicted octanol–water partition coefficient (Wildman–Crippen LogP) is -0.231. The Labute approximate surface area is 116 Å². The third-order valence-electron chi connectivity index (χ3n) is 3.90. The Morgan fingerprint density at radius 3 is 2.89 bits per heavy atom. The zero-order valence-electron chi connectivity index (χ0n) is 11.0. The molecule has 0 aromatic rings. The SMILES string of the molecule is CC1(C(=O)N2CCSCC2CC(=O)O)COCC1N. The van der Waals surface area contributed by atoms with E-state index >= 15 is 0 Å². The van der Waals surface area contributed by atoms with Crippen LogP contribution >= 0.6 is 11.8 Å². The maximum absolute atomic E-state index is 12.7. The van der Waals surface area contributed by atoms with E-state index in [0.29, 0.717) is 25.5 Å². The lowest BCUT2D eigenvalue weighted by molar-refractivity contribution is -0.146. The third kappa shape index (κ3) is 2.88. The predicted molar refractivity (Wildman–Crippen MR) is 72.0 cm³/mol. The van der Waals surface area contributed by atoms with Crippen LogP contribution in [0.25, 0.3) is 0 Å². The largest absolute Gasteiger partial charge is 0.481 e. The molecule has 2 fully saturated rings. The van der Waals surface area contributed by atoms with Crippen LogP contribution in [0.4, 0.5) is 0 Å². The van der Waals surface area contributed by atoms with Gasteiger partial charge < -0.3 is 20.5 Å². The van der Waals surface area contributed by atoms with Crippen LogP contribution in [0.15, 0.2) is 0 Å². The molecule has 2 rings (SSSR count). The molecule has 0 aromatic heterocycles. The Balaban J connectivity index is 2.13. The molecule has 6 nitrogen and oxygen atoms in total. The van der Waals surface area contributed by atoms with Crippen molar-refractivity contribution in [1.82, 2.24) is 4.90 Å². The lowest BCUT2D eigenvalue weighted by atomic mass is 9.83. The molecule has 3 atom stereocenters. The quantitative estimate of drug-likeness (QED) is 0.745. The summed E-state index contributed by atoms with van der Waals surface area (Å²) in [7, 11) is 0. The summed E-state index contributed by atoms with van der Waals surface area (Å²) >= 11 is 1.69. The summed E-state index contributed by atoms with van der Waals surface area (Å²) in [4.78, 5) is 25.3. The number of rotatable bonds is 3. The first kappa shape index (κ1) is 14.6. The molecule has 2 aliphatic heterocycles. The summed E-state index contributed by atoms with van der Waals surface area (Å²) in [5.41, 5.74) is 5.25.